The van der Waals surface area contributed by atoms with Crippen LogP contribution in [0.15, 0.2) is 0 Å². The molecule has 0 atom stereocenters. The molecule has 0 aliphatic heterocycles. The van der Waals surface area contributed by atoms with Crippen molar-refractivity contribution in [3.8, 4) is 0 Å². The molecule has 0 unspecified atom stereocenters. The number of carbonyl (C=O) groups is 1. The zero-order chi connectivity index (χ0) is 9.90. The zero-order valence-electron chi connectivity index (χ0n) is 8.59. The maximum Gasteiger partial charge on any atom is 0.316 e. The van der Waals surface area contributed by atoms with Crippen molar-refractivity contribution < 1.29 is 4.79 Å². The number of thioether (sulfide) groups is 1. The van der Waals surface area contributed by atoms with Gasteiger partial charge in [-0.25, -0.2) is 4.79 Å². The van der Waals surface area contributed by atoms with E-state index in [2.05, 4.69) is 11.6 Å². The fourth-order valence-corrected chi connectivity index (χ4v) is 2.33. The first-order valence-electron chi connectivity index (χ1n) is 4.60. The van der Waals surface area contributed by atoms with Crippen LogP contribution in [0.3, 0.4) is 0 Å². The molecule has 76 valence electrons. The molecule has 0 aromatic rings. The molecule has 1 aliphatic rings. The highest BCUT2D eigenvalue weighted by atomic mass is 32.2. The van der Waals surface area contributed by atoms with Crippen molar-refractivity contribution in [2.75, 3.05) is 26.9 Å². The van der Waals surface area contributed by atoms with Crippen LogP contribution in [0.2, 0.25) is 0 Å². The fourth-order valence-electron chi connectivity index (χ4n) is 1.42. The number of nitrogens with zero attached hydrogens (tertiary/aromatic N) is 1. The molecular weight excluding hydrogens is 184 g/mol. The Bertz CT molecular complexity index is 185. The third-order valence-electron chi connectivity index (χ3n) is 2.67. The van der Waals surface area contributed by atoms with Gasteiger partial charge in [-0.1, -0.05) is 6.42 Å². The third-order valence-corrected chi connectivity index (χ3v) is 4.08. The Morgan fingerprint density at radius 2 is 2.15 bits per heavy atom. The van der Waals surface area contributed by atoms with Gasteiger partial charge in [0, 0.05) is 25.4 Å². The second-order valence-corrected chi connectivity index (χ2v) is 5.07. The van der Waals surface area contributed by atoms with Crippen LogP contribution in [0.25, 0.3) is 0 Å². The van der Waals surface area contributed by atoms with Crippen molar-refractivity contribution >= 4 is 17.8 Å². The first-order chi connectivity index (χ1) is 6.09. The summed E-state index contributed by atoms with van der Waals surface area (Å²) in [6.07, 6.45) is 5.91. The van der Waals surface area contributed by atoms with Crippen LogP contribution < -0.4 is 5.32 Å². The molecule has 2 amide bonds. The Balaban J connectivity index is 2.28. The Morgan fingerprint density at radius 3 is 2.46 bits per heavy atom. The van der Waals surface area contributed by atoms with Crippen LogP contribution in [-0.4, -0.2) is 42.6 Å². The van der Waals surface area contributed by atoms with Crippen LogP contribution >= 0.6 is 11.8 Å². The SMILES string of the molecule is CSC1(CNC(=O)N(C)C)CCC1. The molecule has 0 aromatic heterocycles. The second kappa shape index (κ2) is 4.22. The topological polar surface area (TPSA) is 32.3 Å². The first kappa shape index (κ1) is 10.7. The van der Waals surface area contributed by atoms with Gasteiger partial charge in [0.15, 0.2) is 0 Å². The lowest BCUT2D eigenvalue weighted by Crippen LogP contribution is -2.47. The van der Waals surface area contributed by atoms with Gasteiger partial charge in [-0.05, 0) is 19.1 Å². The van der Waals surface area contributed by atoms with Crippen LogP contribution in [0.4, 0.5) is 4.79 Å². The average molecular weight is 202 g/mol. The van der Waals surface area contributed by atoms with Crippen molar-refractivity contribution in [3.05, 3.63) is 0 Å². The number of carbonyl (C=O) groups excluding carboxylic acids is 1. The number of urea groups is 1. The molecule has 1 aliphatic carbocycles. The Hall–Kier alpha value is -0.380. The lowest BCUT2D eigenvalue weighted by molar-refractivity contribution is 0.213. The zero-order valence-corrected chi connectivity index (χ0v) is 9.41. The van der Waals surface area contributed by atoms with E-state index in [9.17, 15) is 4.79 Å². The first-order valence-corrected chi connectivity index (χ1v) is 5.82. The number of amides is 2. The number of nitrogens with one attached hydrogen (secondary N) is 1. The predicted molar refractivity (Wildman–Crippen MR) is 57.2 cm³/mol. The summed E-state index contributed by atoms with van der Waals surface area (Å²) in [5, 5.41) is 2.94. The highest BCUT2D eigenvalue weighted by Crippen LogP contribution is 2.42. The number of rotatable bonds is 3. The molecule has 0 spiro atoms. The van der Waals surface area contributed by atoms with Crippen molar-refractivity contribution in [2.24, 2.45) is 0 Å². The average Bonchev–Trinajstić information content (AvgIpc) is 2.02. The van der Waals surface area contributed by atoms with Crippen molar-refractivity contribution in [1.29, 1.82) is 0 Å². The van der Waals surface area contributed by atoms with Gasteiger partial charge in [0.05, 0.1) is 0 Å². The molecule has 1 fully saturated rings. The predicted octanol–water partition coefficient (Wildman–Crippen LogP) is 1.54. The number of hydrogen-bond donors (Lipinski definition) is 1. The molecule has 1 saturated carbocycles. The molecule has 0 radical (unpaired) electrons. The standard InChI is InChI=1S/C9H18N2OS/c1-11(2)8(12)10-7-9(13-3)5-4-6-9/h4-7H2,1-3H3,(H,10,12). The Morgan fingerprint density at radius 1 is 1.54 bits per heavy atom. The van der Waals surface area contributed by atoms with Crippen LogP contribution in [0.5, 0.6) is 0 Å². The summed E-state index contributed by atoms with van der Waals surface area (Å²) in [5.74, 6) is 0. The summed E-state index contributed by atoms with van der Waals surface area (Å²) in [4.78, 5) is 12.8. The molecular formula is C9H18N2OS. The van der Waals surface area contributed by atoms with Crippen molar-refractivity contribution in [2.45, 2.75) is 24.0 Å². The summed E-state index contributed by atoms with van der Waals surface area (Å²) < 4.78 is 0.339. The van der Waals surface area contributed by atoms with Gasteiger partial charge in [0.25, 0.3) is 0 Å². The smallest absolute Gasteiger partial charge is 0.316 e. The molecule has 13 heavy (non-hydrogen) atoms. The van der Waals surface area contributed by atoms with Crippen LogP contribution in [-0.2, 0) is 0 Å². The van der Waals surface area contributed by atoms with E-state index in [0.717, 1.165) is 6.54 Å². The van der Waals surface area contributed by atoms with E-state index in [1.54, 1.807) is 19.0 Å². The number of hydrogen-bond acceptors (Lipinski definition) is 2. The minimum atomic E-state index is 0.0142. The summed E-state index contributed by atoms with van der Waals surface area (Å²) in [5.41, 5.74) is 0. The molecule has 1 N–H and O–H groups in total. The van der Waals surface area contributed by atoms with Crippen LogP contribution in [0.1, 0.15) is 19.3 Å². The lowest BCUT2D eigenvalue weighted by atomic mass is 9.84. The molecule has 0 bridgehead atoms. The van der Waals surface area contributed by atoms with Crippen LogP contribution in [0, 0.1) is 0 Å². The molecule has 1 rings (SSSR count). The monoisotopic (exact) mass is 202 g/mol. The molecule has 0 saturated heterocycles. The van der Waals surface area contributed by atoms with E-state index < -0.39 is 0 Å². The Labute approximate surface area is 84.2 Å². The quantitative estimate of drug-likeness (QED) is 0.753. The Kier molecular flexibility index (Phi) is 3.47. The summed E-state index contributed by atoms with van der Waals surface area (Å²) in [6, 6.07) is 0.0142. The van der Waals surface area contributed by atoms with E-state index >= 15 is 0 Å². The highest BCUT2D eigenvalue weighted by Gasteiger charge is 2.36. The van der Waals surface area contributed by atoms with E-state index in [0.29, 0.717) is 4.75 Å². The van der Waals surface area contributed by atoms with Gasteiger partial charge >= 0.3 is 6.03 Å². The normalized spacial score (nSPS) is 19.0. The van der Waals surface area contributed by atoms with E-state index in [-0.39, 0.29) is 6.03 Å². The van der Waals surface area contributed by atoms with Crippen molar-refractivity contribution in [3.63, 3.8) is 0 Å². The lowest BCUT2D eigenvalue weighted by Gasteiger charge is -2.40. The third kappa shape index (κ3) is 2.53. The minimum Gasteiger partial charge on any atom is -0.337 e. The molecule has 3 nitrogen and oxygen atoms in total. The molecule has 0 aromatic carbocycles. The maximum absolute atomic E-state index is 11.3. The second-order valence-electron chi connectivity index (χ2n) is 3.79. The maximum atomic E-state index is 11.3. The summed E-state index contributed by atoms with van der Waals surface area (Å²) in [7, 11) is 3.53. The highest BCUT2D eigenvalue weighted by molar-refractivity contribution is 8.00. The van der Waals surface area contributed by atoms with E-state index in [4.69, 9.17) is 0 Å². The van der Waals surface area contributed by atoms with Gasteiger partial charge in [0.2, 0.25) is 0 Å². The van der Waals surface area contributed by atoms with E-state index in [1.807, 2.05) is 11.8 Å². The van der Waals surface area contributed by atoms with Gasteiger partial charge in [-0.15, -0.1) is 0 Å². The molecule has 4 heteroatoms. The van der Waals surface area contributed by atoms with Gasteiger partial charge < -0.3 is 10.2 Å². The van der Waals surface area contributed by atoms with Gasteiger partial charge in [0.1, 0.15) is 0 Å². The minimum absolute atomic E-state index is 0.0142. The van der Waals surface area contributed by atoms with E-state index in [1.165, 1.54) is 19.3 Å². The van der Waals surface area contributed by atoms with Gasteiger partial charge in [-0.3, -0.25) is 0 Å². The summed E-state index contributed by atoms with van der Waals surface area (Å²) in [6.45, 7) is 0.811. The fraction of sp³-hybridized carbons (Fsp3) is 0.889. The largest absolute Gasteiger partial charge is 0.337 e. The van der Waals surface area contributed by atoms with Crippen molar-refractivity contribution in [1.82, 2.24) is 10.2 Å². The molecule has 0 heterocycles. The van der Waals surface area contributed by atoms with Gasteiger partial charge in [-0.2, -0.15) is 11.8 Å². The summed E-state index contributed by atoms with van der Waals surface area (Å²) >= 11 is 1.88.